The van der Waals surface area contributed by atoms with Gasteiger partial charge in [-0.25, -0.2) is 0 Å². The minimum absolute atomic E-state index is 0.0646. The van der Waals surface area contributed by atoms with Gasteiger partial charge in [0.05, 0.1) is 17.1 Å². The van der Waals surface area contributed by atoms with Crippen LogP contribution >= 0.6 is 0 Å². The Labute approximate surface area is 93.2 Å². The van der Waals surface area contributed by atoms with E-state index in [9.17, 15) is 15.2 Å². The molecule has 1 saturated carbocycles. The fraction of sp³-hybridized carbons (Fsp3) is 0.455. The van der Waals surface area contributed by atoms with Crippen molar-refractivity contribution in [3.63, 3.8) is 0 Å². The molecule has 1 aromatic rings. The molecule has 16 heavy (non-hydrogen) atoms. The Kier molecular flexibility index (Phi) is 2.55. The molecule has 0 aliphatic heterocycles. The van der Waals surface area contributed by atoms with Crippen LogP contribution in [0.2, 0.25) is 0 Å². The topological polar surface area (TPSA) is 75.4 Å². The second-order valence-electron chi connectivity index (χ2n) is 4.27. The Morgan fingerprint density at radius 2 is 2.25 bits per heavy atom. The molecule has 86 valence electrons. The van der Waals surface area contributed by atoms with Crippen LogP contribution in [0.5, 0.6) is 0 Å². The first-order valence-corrected chi connectivity index (χ1v) is 5.21. The Morgan fingerprint density at radius 1 is 1.56 bits per heavy atom. The van der Waals surface area contributed by atoms with E-state index < -0.39 is 0 Å². The highest BCUT2D eigenvalue weighted by Crippen LogP contribution is 2.40. The highest BCUT2D eigenvalue weighted by molar-refractivity contribution is 5.61. The lowest BCUT2D eigenvalue weighted by Gasteiger charge is -2.17. The van der Waals surface area contributed by atoms with Crippen molar-refractivity contribution in [1.29, 1.82) is 0 Å². The van der Waals surface area contributed by atoms with E-state index in [0.717, 1.165) is 18.5 Å². The molecule has 0 aromatic heterocycles. The van der Waals surface area contributed by atoms with Crippen molar-refractivity contribution in [2.45, 2.75) is 25.3 Å². The van der Waals surface area contributed by atoms with E-state index in [0.29, 0.717) is 5.56 Å². The maximum Gasteiger partial charge on any atom is 0.274 e. The summed E-state index contributed by atoms with van der Waals surface area (Å²) in [5.74, 6) is 0. The molecule has 0 radical (unpaired) electrons. The summed E-state index contributed by atoms with van der Waals surface area (Å²) in [5, 5.41) is 23.1. The van der Waals surface area contributed by atoms with Crippen molar-refractivity contribution in [1.82, 2.24) is 0 Å². The van der Waals surface area contributed by atoms with Gasteiger partial charge in [-0.05, 0) is 25.8 Å². The zero-order chi connectivity index (χ0) is 11.8. The van der Waals surface area contributed by atoms with Crippen LogP contribution in [0.4, 0.5) is 11.4 Å². The third-order valence-electron chi connectivity index (χ3n) is 3.06. The van der Waals surface area contributed by atoms with Gasteiger partial charge >= 0.3 is 0 Å². The zero-order valence-electron chi connectivity index (χ0n) is 9.06. The lowest BCUT2D eigenvalue weighted by molar-refractivity contribution is -0.385. The summed E-state index contributed by atoms with van der Waals surface area (Å²) in [6.07, 6.45) is 1.82. The maximum atomic E-state index is 10.8. The molecule has 0 bridgehead atoms. The molecular formula is C11H14N2O3. The molecule has 0 heterocycles. The van der Waals surface area contributed by atoms with E-state index in [1.807, 2.05) is 0 Å². The largest absolute Gasteiger partial charge is 0.394 e. The standard InChI is InChI=1S/C11H14N2O3/c1-8-9(12-11(7-14)5-6-11)3-2-4-10(8)13(15)16/h2-4,12,14H,5-7H2,1H3. The lowest BCUT2D eigenvalue weighted by Crippen LogP contribution is -2.26. The Balaban J connectivity index is 2.28. The van der Waals surface area contributed by atoms with Gasteiger partial charge in [0, 0.05) is 17.3 Å². The van der Waals surface area contributed by atoms with Crippen LogP contribution in [0.3, 0.4) is 0 Å². The van der Waals surface area contributed by atoms with Crippen LogP contribution in [0, 0.1) is 17.0 Å². The molecule has 5 heteroatoms. The predicted octanol–water partition coefficient (Wildman–Crippen LogP) is 1.84. The summed E-state index contributed by atoms with van der Waals surface area (Å²) in [5.41, 5.74) is 1.21. The molecule has 0 amide bonds. The number of anilines is 1. The fourth-order valence-electron chi connectivity index (χ4n) is 1.72. The highest BCUT2D eigenvalue weighted by atomic mass is 16.6. The molecule has 0 spiro atoms. The predicted molar refractivity (Wildman–Crippen MR) is 60.5 cm³/mol. The normalized spacial score (nSPS) is 16.9. The average molecular weight is 222 g/mol. The molecule has 1 aliphatic carbocycles. The van der Waals surface area contributed by atoms with E-state index in [4.69, 9.17) is 0 Å². The van der Waals surface area contributed by atoms with E-state index in [-0.39, 0.29) is 22.8 Å². The van der Waals surface area contributed by atoms with Crippen LogP contribution in [0.25, 0.3) is 0 Å². The first-order valence-electron chi connectivity index (χ1n) is 5.21. The summed E-state index contributed by atoms with van der Waals surface area (Å²) >= 11 is 0. The van der Waals surface area contributed by atoms with Gasteiger partial charge in [-0.1, -0.05) is 6.07 Å². The second kappa shape index (κ2) is 3.75. The van der Waals surface area contributed by atoms with Gasteiger partial charge in [-0.2, -0.15) is 0 Å². The Morgan fingerprint density at radius 3 is 2.75 bits per heavy atom. The minimum atomic E-state index is -0.390. The zero-order valence-corrected chi connectivity index (χ0v) is 9.06. The molecular weight excluding hydrogens is 208 g/mol. The molecule has 0 saturated heterocycles. The molecule has 5 nitrogen and oxygen atoms in total. The van der Waals surface area contributed by atoms with Crippen LogP contribution in [-0.4, -0.2) is 22.2 Å². The molecule has 0 unspecified atom stereocenters. The van der Waals surface area contributed by atoms with Crippen molar-refractivity contribution >= 4 is 11.4 Å². The van der Waals surface area contributed by atoms with Gasteiger partial charge in [0.15, 0.2) is 0 Å². The van der Waals surface area contributed by atoms with E-state index in [1.165, 1.54) is 6.07 Å². The Bertz CT molecular complexity index is 427. The van der Waals surface area contributed by atoms with Crippen molar-refractivity contribution < 1.29 is 10.0 Å². The maximum absolute atomic E-state index is 10.8. The van der Waals surface area contributed by atoms with Crippen LogP contribution in [-0.2, 0) is 0 Å². The number of nitro benzene ring substituents is 1. The SMILES string of the molecule is Cc1c(NC2(CO)CC2)cccc1[N+](=O)[O-]. The molecule has 2 rings (SSSR count). The fourth-order valence-corrected chi connectivity index (χ4v) is 1.72. The van der Waals surface area contributed by atoms with Gasteiger partial charge in [0.2, 0.25) is 0 Å². The van der Waals surface area contributed by atoms with Crippen molar-refractivity contribution in [2.75, 3.05) is 11.9 Å². The third kappa shape index (κ3) is 1.86. The van der Waals surface area contributed by atoms with Gasteiger partial charge in [0.1, 0.15) is 0 Å². The average Bonchev–Trinajstić information content (AvgIpc) is 3.01. The van der Waals surface area contributed by atoms with Crippen molar-refractivity contribution in [3.05, 3.63) is 33.9 Å². The smallest absolute Gasteiger partial charge is 0.274 e. The van der Waals surface area contributed by atoms with Crippen molar-refractivity contribution in [3.8, 4) is 0 Å². The number of rotatable bonds is 4. The minimum Gasteiger partial charge on any atom is -0.394 e. The second-order valence-corrected chi connectivity index (χ2v) is 4.27. The molecule has 1 aromatic carbocycles. The van der Waals surface area contributed by atoms with Gasteiger partial charge in [-0.15, -0.1) is 0 Å². The lowest BCUT2D eigenvalue weighted by atomic mass is 10.1. The molecule has 1 fully saturated rings. The van der Waals surface area contributed by atoms with Gasteiger partial charge in [0.25, 0.3) is 5.69 Å². The summed E-state index contributed by atoms with van der Waals surface area (Å²) in [6.45, 7) is 1.78. The molecule has 0 atom stereocenters. The number of aliphatic hydroxyl groups excluding tert-OH is 1. The summed E-state index contributed by atoms with van der Waals surface area (Å²) in [7, 11) is 0. The first-order chi connectivity index (χ1) is 7.58. The van der Waals surface area contributed by atoms with Crippen LogP contribution < -0.4 is 5.32 Å². The van der Waals surface area contributed by atoms with E-state index in [2.05, 4.69) is 5.32 Å². The summed E-state index contributed by atoms with van der Waals surface area (Å²) in [4.78, 5) is 10.4. The number of benzene rings is 1. The first kappa shape index (κ1) is 10.9. The third-order valence-corrected chi connectivity index (χ3v) is 3.06. The van der Waals surface area contributed by atoms with Crippen LogP contribution in [0.15, 0.2) is 18.2 Å². The van der Waals surface area contributed by atoms with Gasteiger partial charge < -0.3 is 10.4 Å². The number of hydrogen-bond donors (Lipinski definition) is 2. The molecule has 1 aliphatic rings. The number of nitrogens with one attached hydrogen (secondary N) is 1. The Hall–Kier alpha value is -1.62. The number of nitrogens with zero attached hydrogens (tertiary/aromatic N) is 1. The monoisotopic (exact) mass is 222 g/mol. The van der Waals surface area contributed by atoms with Crippen LogP contribution in [0.1, 0.15) is 18.4 Å². The van der Waals surface area contributed by atoms with E-state index in [1.54, 1.807) is 19.1 Å². The number of aliphatic hydroxyl groups is 1. The highest BCUT2D eigenvalue weighted by Gasteiger charge is 2.42. The summed E-state index contributed by atoms with van der Waals surface area (Å²) < 4.78 is 0. The number of nitro groups is 1. The number of hydrogen-bond acceptors (Lipinski definition) is 4. The quantitative estimate of drug-likeness (QED) is 0.602. The van der Waals surface area contributed by atoms with Gasteiger partial charge in [-0.3, -0.25) is 10.1 Å². The molecule has 2 N–H and O–H groups in total. The van der Waals surface area contributed by atoms with Crippen molar-refractivity contribution in [2.24, 2.45) is 0 Å². The summed E-state index contributed by atoms with van der Waals surface area (Å²) in [6, 6.07) is 4.94. The van der Waals surface area contributed by atoms with E-state index >= 15 is 0 Å².